The summed E-state index contributed by atoms with van der Waals surface area (Å²) in [5.74, 6) is 0.335. The van der Waals surface area contributed by atoms with E-state index in [0.29, 0.717) is 28.5 Å². The Morgan fingerprint density at radius 1 is 1.36 bits per heavy atom. The molecule has 22 heavy (non-hydrogen) atoms. The molecular weight excluding hydrogens is 304 g/mol. The van der Waals surface area contributed by atoms with E-state index in [9.17, 15) is 9.90 Å². The van der Waals surface area contributed by atoms with Crippen molar-refractivity contribution in [3.63, 3.8) is 0 Å². The lowest BCUT2D eigenvalue weighted by molar-refractivity contribution is -0.146. The highest BCUT2D eigenvalue weighted by Crippen LogP contribution is 2.41. The Bertz CT molecular complexity index is 548. The Labute approximate surface area is 136 Å². The Balaban J connectivity index is 2.39. The normalized spacial score (nSPS) is 15.8. The number of ether oxygens (including phenoxy) is 2. The number of hydrogen-bond donors (Lipinski definition) is 1. The molecule has 1 aliphatic carbocycles. The molecule has 0 atom stereocenters. The van der Waals surface area contributed by atoms with Crippen molar-refractivity contribution in [1.29, 1.82) is 0 Å². The summed E-state index contributed by atoms with van der Waals surface area (Å²) in [6.45, 7) is 3.37. The fourth-order valence-electron chi connectivity index (χ4n) is 2.73. The molecule has 1 N–H and O–H groups in total. The summed E-state index contributed by atoms with van der Waals surface area (Å²) in [5.41, 5.74) is -0.218. The van der Waals surface area contributed by atoms with Gasteiger partial charge in [-0.3, -0.25) is 4.79 Å². The summed E-state index contributed by atoms with van der Waals surface area (Å²) in [5, 5.41) is 9.90. The molecule has 5 heteroatoms. The minimum absolute atomic E-state index is 0.152. The molecule has 0 heterocycles. The highest BCUT2D eigenvalue weighted by atomic mass is 35.5. The van der Waals surface area contributed by atoms with Crippen LogP contribution >= 0.6 is 11.6 Å². The van der Waals surface area contributed by atoms with Crippen molar-refractivity contribution in [2.75, 3.05) is 7.11 Å². The van der Waals surface area contributed by atoms with Gasteiger partial charge in [-0.05, 0) is 58.1 Å². The molecule has 0 saturated heterocycles. The van der Waals surface area contributed by atoms with Crippen molar-refractivity contribution in [3.8, 4) is 11.5 Å². The third kappa shape index (κ3) is 3.67. The van der Waals surface area contributed by atoms with Crippen LogP contribution in [0, 0.1) is 5.41 Å². The molecule has 0 bridgehead atoms. The van der Waals surface area contributed by atoms with Crippen LogP contribution in [0.25, 0.3) is 0 Å². The van der Waals surface area contributed by atoms with Crippen LogP contribution in [0.2, 0.25) is 5.02 Å². The molecule has 0 aliphatic heterocycles. The van der Waals surface area contributed by atoms with Crippen LogP contribution in [0.5, 0.6) is 11.5 Å². The van der Waals surface area contributed by atoms with Gasteiger partial charge in [-0.15, -0.1) is 0 Å². The van der Waals surface area contributed by atoms with Crippen LogP contribution in [0.15, 0.2) is 12.1 Å². The summed E-state index contributed by atoms with van der Waals surface area (Å²) in [6, 6.07) is 3.50. The topological polar surface area (TPSA) is 55.8 Å². The predicted molar refractivity (Wildman–Crippen MR) is 86.0 cm³/mol. The minimum Gasteiger partial charge on any atom is -0.493 e. The zero-order chi connectivity index (χ0) is 16.3. The second kappa shape index (κ2) is 6.78. The number of carboxylic acids is 1. The van der Waals surface area contributed by atoms with Crippen molar-refractivity contribution < 1.29 is 19.4 Å². The monoisotopic (exact) mass is 326 g/mol. The average molecular weight is 327 g/mol. The van der Waals surface area contributed by atoms with E-state index < -0.39 is 11.4 Å². The molecule has 1 fully saturated rings. The van der Waals surface area contributed by atoms with E-state index in [1.807, 2.05) is 0 Å². The highest BCUT2D eigenvalue weighted by Gasteiger charge is 2.31. The van der Waals surface area contributed by atoms with Gasteiger partial charge in [-0.2, -0.15) is 0 Å². The van der Waals surface area contributed by atoms with Crippen molar-refractivity contribution in [1.82, 2.24) is 0 Å². The first-order chi connectivity index (χ1) is 10.3. The molecule has 0 radical (unpaired) electrons. The molecule has 1 saturated carbocycles. The SMILES string of the molecule is COc1ccc(Cl)c(CC(C)(C)C(=O)O)c1OC1CCCC1. The van der Waals surface area contributed by atoms with Crippen molar-refractivity contribution in [2.45, 2.75) is 52.1 Å². The van der Waals surface area contributed by atoms with E-state index in [-0.39, 0.29) is 6.10 Å². The largest absolute Gasteiger partial charge is 0.493 e. The van der Waals surface area contributed by atoms with Gasteiger partial charge in [0.25, 0.3) is 0 Å². The number of halogens is 1. The van der Waals surface area contributed by atoms with Crippen molar-refractivity contribution in [3.05, 3.63) is 22.7 Å². The molecular formula is C17H23ClO4. The second-order valence-corrected chi connectivity index (χ2v) is 6.85. The van der Waals surface area contributed by atoms with Crippen LogP contribution < -0.4 is 9.47 Å². The Kier molecular flexibility index (Phi) is 5.22. The summed E-state index contributed by atoms with van der Waals surface area (Å²) in [6.07, 6.45) is 4.78. The lowest BCUT2D eigenvalue weighted by Gasteiger charge is -2.24. The van der Waals surface area contributed by atoms with Gasteiger partial charge in [0.05, 0.1) is 18.6 Å². The van der Waals surface area contributed by atoms with Gasteiger partial charge in [0, 0.05) is 10.6 Å². The lowest BCUT2D eigenvalue weighted by atomic mass is 9.85. The van der Waals surface area contributed by atoms with Crippen LogP contribution in [-0.2, 0) is 11.2 Å². The zero-order valence-corrected chi connectivity index (χ0v) is 14.1. The fourth-order valence-corrected chi connectivity index (χ4v) is 2.94. The van der Waals surface area contributed by atoms with Crippen LogP contribution in [0.4, 0.5) is 0 Å². The molecule has 1 aromatic carbocycles. The van der Waals surface area contributed by atoms with Gasteiger partial charge in [0.1, 0.15) is 0 Å². The molecule has 122 valence electrons. The summed E-state index contributed by atoms with van der Waals surface area (Å²) in [4.78, 5) is 11.4. The first-order valence-electron chi connectivity index (χ1n) is 7.60. The van der Waals surface area contributed by atoms with Crippen LogP contribution in [0.3, 0.4) is 0 Å². The molecule has 0 spiro atoms. The van der Waals surface area contributed by atoms with E-state index in [4.69, 9.17) is 21.1 Å². The zero-order valence-electron chi connectivity index (χ0n) is 13.3. The Morgan fingerprint density at radius 3 is 2.55 bits per heavy atom. The second-order valence-electron chi connectivity index (χ2n) is 6.45. The number of methoxy groups -OCH3 is 1. The standard InChI is InChI=1S/C17H23ClO4/c1-17(2,16(19)20)10-12-13(18)8-9-14(21-3)15(12)22-11-6-4-5-7-11/h8-9,11H,4-7,10H2,1-3H3,(H,19,20). The van der Waals surface area contributed by atoms with Gasteiger partial charge >= 0.3 is 5.97 Å². The molecule has 0 aromatic heterocycles. The fraction of sp³-hybridized carbons (Fsp3) is 0.588. The third-order valence-electron chi connectivity index (χ3n) is 4.17. The summed E-state index contributed by atoms with van der Waals surface area (Å²) < 4.78 is 11.5. The summed E-state index contributed by atoms with van der Waals surface area (Å²) >= 11 is 6.33. The number of carboxylic acid groups (broad SMARTS) is 1. The number of benzene rings is 1. The Morgan fingerprint density at radius 2 is 2.00 bits per heavy atom. The maximum atomic E-state index is 11.4. The van der Waals surface area contributed by atoms with E-state index in [1.165, 1.54) is 0 Å². The highest BCUT2D eigenvalue weighted by molar-refractivity contribution is 6.31. The maximum absolute atomic E-state index is 11.4. The van der Waals surface area contributed by atoms with E-state index in [1.54, 1.807) is 33.1 Å². The molecule has 2 rings (SSSR count). The number of carbonyl (C=O) groups is 1. The third-order valence-corrected chi connectivity index (χ3v) is 4.53. The van der Waals surface area contributed by atoms with E-state index in [2.05, 4.69) is 0 Å². The average Bonchev–Trinajstić information content (AvgIpc) is 2.96. The molecule has 4 nitrogen and oxygen atoms in total. The van der Waals surface area contributed by atoms with Gasteiger partial charge in [-0.25, -0.2) is 0 Å². The smallest absolute Gasteiger partial charge is 0.309 e. The maximum Gasteiger partial charge on any atom is 0.309 e. The quantitative estimate of drug-likeness (QED) is 0.845. The predicted octanol–water partition coefficient (Wildman–Crippen LogP) is 4.32. The molecule has 1 aromatic rings. The van der Waals surface area contributed by atoms with Crippen molar-refractivity contribution in [2.24, 2.45) is 5.41 Å². The van der Waals surface area contributed by atoms with E-state index in [0.717, 1.165) is 25.7 Å². The van der Waals surface area contributed by atoms with Gasteiger partial charge < -0.3 is 14.6 Å². The first kappa shape index (κ1) is 16.9. The van der Waals surface area contributed by atoms with Gasteiger partial charge in [-0.1, -0.05) is 11.6 Å². The molecule has 0 amide bonds. The lowest BCUT2D eigenvalue weighted by Crippen LogP contribution is -2.27. The molecule has 1 aliphatic rings. The van der Waals surface area contributed by atoms with Gasteiger partial charge in [0.15, 0.2) is 11.5 Å². The minimum atomic E-state index is -0.927. The number of aliphatic carboxylic acids is 1. The van der Waals surface area contributed by atoms with Crippen LogP contribution in [0.1, 0.15) is 45.1 Å². The van der Waals surface area contributed by atoms with Gasteiger partial charge in [0.2, 0.25) is 0 Å². The molecule has 0 unspecified atom stereocenters. The van der Waals surface area contributed by atoms with Crippen molar-refractivity contribution >= 4 is 17.6 Å². The summed E-state index contributed by atoms with van der Waals surface area (Å²) in [7, 11) is 1.58. The van der Waals surface area contributed by atoms with Crippen LogP contribution in [-0.4, -0.2) is 24.3 Å². The van der Waals surface area contributed by atoms with E-state index >= 15 is 0 Å². The Hall–Kier alpha value is -1.42. The first-order valence-corrected chi connectivity index (χ1v) is 7.98. The number of hydrogen-bond acceptors (Lipinski definition) is 3. The number of rotatable bonds is 6.